The molecule has 0 heterocycles. The lowest BCUT2D eigenvalue weighted by Crippen LogP contribution is -2.33. The fourth-order valence-corrected chi connectivity index (χ4v) is 2.59. The third-order valence-electron chi connectivity index (χ3n) is 3.98. The number of ether oxygens (including phenoxy) is 1. The van der Waals surface area contributed by atoms with Gasteiger partial charge in [-0.2, -0.15) is 0 Å². The van der Waals surface area contributed by atoms with Crippen molar-refractivity contribution in [3.8, 4) is 0 Å². The lowest BCUT2D eigenvalue weighted by molar-refractivity contribution is -0.384. The van der Waals surface area contributed by atoms with Crippen LogP contribution in [0.2, 0.25) is 0 Å². The summed E-state index contributed by atoms with van der Waals surface area (Å²) in [6.07, 6.45) is 0.729. The molecule has 0 fully saturated rings. The highest BCUT2D eigenvalue weighted by atomic mass is 16.6. The van der Waals surface area contributed by atoms with E-state index in [1.165, 1.54) is 6.07 Å². The second-order valence-corrected chi connectivity index (χ2v) is 5.99. The first kappa shape index (κ1) is 21.5. The molecule has 29 heavy (non-hydrogen) atoms. The Morgan fingerprint density at radius 1 is 1.07 bits per heavy atom. The Labute approximate surface area is 167 Å². The van der Waals surface area contributed by atoms with E-state index in [2.05, 4.69) is 10.6 Å². The number of nitro groups is 1. The van der Waals surface area contributed by atoms with Crippen LogP contribution in [0.5, 0.6) is 0 Å². The highest BCUT2D eigenvalue weighted by Gasteiger charge is 2.19. The van der Waals surface area contributed by atoms with Gasteiger partial charge in [0.15, 0.2) is 0 Å². The predicted octanol–water partition coefficient (Wildman–Crippen LogP) is 2.70. The molecule has 0 aromatic heterocycles. The van der Waals surface area contributed by atoms with Gasteiger partial charge < -0.3 is 15.4 Å². The van der Waals surface area contributed by atoms with Gasteiger partial charge in [0.2, 0.25) is 5.91 Å². The molecule has 0 bridgehead atoms. The van der Waals surface area contributed by atoms with Crippen LogP contribution in [0, 0.1) is 10.1 Å². The van der Waals surface area contributed by atoms with E-state index in [0.717, 1.165) is 24.1 Å². The van der Waals surface area contributed by atoms with E-state index in [-0.39, 0.29) is 24.3 Å². The molecular weight excluding hydrogens is 378 g/mol. The number of non-ortho nitro benzene ring substituents is 1. The molecular formula is C20H21N3O6. The molecule has 0 radical (unpaired) electrons. The molecule has 0 unspecified atom stereocenters. The van der Waals surface area contributed by atoms with Gasteiger partial charge in [-0.1, -0.05) is 25.1 Å². The van der Waals surface area contributed by atoms with Gasteiger partial charge in [0.05, 0.1) is 23.6 Å². The Bertz CT molecular complexity index is 942. The van der Waals surface area contributed by atoms with Crippen molar-refractivity contribution < 1.29 is 24.0 Å². The van der Waals surface area contributed by atoms with Gasteiger partial charge in [0.1, 0.15) is 0 Å². The number of benzene rings is 2. The molecule has 0 atom stereocenters. The maximum absolute atomic E-state index is 12.4. The number of hydrogen-bond donors (Lipinski definition) is 2. The normalized spacial score (nSPS) is 10.1. The molecule has 9 nitrogen and oxygen atoms in total. The van der Waals surface area contributed by atoms with E-state index in [1.807, 2.05) is 19.1 Å². The van der Waals surface area contributed by atoms with Gasteiger partial charge in [-0.05, 0) is 31.0 Å². The first-order chi connectivity index (χ1) is 13.8. The number of nitro benzene ring substituents is 1. The maximum atomic E-state index is 12.4. The molecule has 0 aliphatic carbocycles. The Kier molecular flexibility index (Phi) is 7.41. The Balaban J connectivity index is 2.10. The SMILES string of the molecule is CCOC(=O)c1cc(C(=O)NCC(=O)Nc2ccccc2CC)cc([N+](=O)[O-])c1. The molecule has 0 saturated carbocycles. The zero-order valence-corrected chi connectivity index (χ0v) is 16.1. The number of rotatable bonds is 8. The van der Waals surface area contributed by atoms with Crippen molar-refractivity contribution in [3.63, 3.8) is 0 Å². The summed E-state index contributed by atoms with van der Waals surface area (Å²) in [7, 11) is 0. The number of nitrogens with zero attached hydrogens (tertiary/aromatic N) is 1. The van der Waals surface area contributed by atoms with Gasteiger partial charge >= 0.3 is 5.97 Å². The van der Waals surface area contributed by atoms with Crippen LogP contribution in [0.1, 0.15) is 40.1 Å². The number of esters is 1. The summed E-state index contributed by atoms with van der Waals surface area (Å²) in [5.74, 6) is -1.95. The van der Waals surface area contributed by atoms with Crippen LogP contribution in [0.4, 0.5) is 11.4 Å². The quantitative estimate of drug-likeness (QED) is 0.399. The average molecular weight is 399 g/mol. The number of para-hydroxylation sites is 1. The van der Waals surface area contributed by atoms with Gasteiger partial charge in [0, 0.05) is 23.4 Å². The van der Waals surface area contributed by atoms with E-state index in [9.17, 15) is 24.5 Å². The van der Waals surface area contributed by atoms with Crippen molar-refractivity contribution in [1.82, 2.24) is 5.32 Å². The van der Waals surface area contributed by atoms with Crippen LogP contribution in [0.25, 0.3) is 0 Å². The Hall–Kier alpha value is -3.75. The number of carbonyl (C=O) groups is 3. The topological polar surface area (TPSA) is 128 Å². The number of anilines is 1. The van der Waals surface area contributed by atoms with Crippen LogP contribution >= 0.6 is 0 Å². The molecule has 2 N–H and O–H groups in total. The lowest BCUT2D eigenvalue weighted by atomic mass is 10.1. The largest absolute Gasteiger partial charge is 0.462 e. The van der Waals surface area contributed by atoms with Crippen molar-refractivity contribution >= 4 is 29.2 Å². The minimum absolute atomic E-state index is 0.0858. The van der Waals surface area contributed by atoms with E-state index in [1.54, 1.807) is 19.1 Å². The van der Waals surface area contributed by atoms with E-state index in [0.29, 0.717) is 5.69 Å². The van der Waals surface area contributed by atoms with E-state index in [4.69, 9.17) is 4.74 Å². The first-order valence-electron chi connectivity index (χ1n) is 8.98. The molecule has 2 amide bonds. The molecule has 2 aromatic rings. The summed E-state index contributed by atoms with van der Waals surface area (Å²) < 4.78 is 4.83. The highest BCUT2D eigenvalue weighted by Crippen LogP contribution is 2.18. The first-order valence-corrected chi connectivity index (χ1v) is 8.98. The summed E-state index contributed by atoms with van der Waals surface area (Å²) in [6, 6.07) is 10.5. The van der Waals surface area contributed by atoms with Crippen molar-refractivity contribution in [2.24, 2.45) is 0 Å². The minimum atomic E-state index is -0.779. The monoisotopic (exact) mass is 399 g/mol. The summed E-state index contributed by atoms with van der Waals surface area (Å²) in [5, 5.41) is 16.2. The number of amides is 2. The third kappa shape index (κ3) is 5.86. The zero-order valence-electron chi connectivity index (χ0n) is 16.1. The van der Waals surface area contributed by atoms with Crippen molar-refractivity contribution in [2.75, 3.05) is 18.5 Å². The molecule has 0 aliphatic heterocycles. The zero-order chi connectivity index (χ0) is 21.4. The summed E-state index contributed by atoms with van der Waals surface area (Å²) >= 11 is 0. The Morgan fingerprint density at radius 2 is 1.76 bits per heavy atom. The second kappa shape index (κ2) is 9.98. The summed E-state index contributed by atoms with van der Waals surface area (Å²) in [4.78, 5) is 46.8. The standard InChI is InChI=1S/C20H21N3O6/c1-3-13-7-5-6-8-17(13)22-18(24)12-21-19(25)14-9-15(20(26)29-4-2)11-16(10-14)23(27)28/h5-11H,3-4,12H2,1-2H3,(H,21,25)(H,22,24). The summed E-state index contributed by atoms with van der Waals surface area (Å²) in [6.45, 7) is 3.30. The molecule has 2 rings (SSSR count). The van der Waals surface area contributed by atoms with E-state index >= 15 is 0 Å². The van der Waals surface area contributed by atoms with Crippen molar-refractivity contribution in [2.45, 2.75) is 20.3 Å². The second-order valence-electron chi connectivity index (χ2n) is 5.99. The Morgan fingerprint density at radius 3 is 2.41 bits per heavy atom. The fourth-order valence-electron chi connectivity index (χ4n) is 2.59. The molecule has 152 valence electrons. The number of aryl methyl sites for hydroxylation is 1. The van der Waals surface area contributed by atoms with Crippen LogP contribution in [0.3, 0.4) is 0 Å². The van der Waals surface area contributed by atoms with Crippen molar-refractivity contribution in [3.05, 3.63) is 69.3 Å². The molecule has 9 heteroatoms. The average Bonchev–Trinajstić information content (AvgIpc) is 2.72. The molecule has 0 spiro atoms. The molecule has 2 aromatic carbocycles. The van der Waals surface area contributed by atoms with Crippen LogP contribution in [-0.2, 0) is 16.0 Å². The number of hydrogen-bond acceptors (Lipinski definition) is 6. The third-order valence-corrected chi connectivity index (χ3v) is 3.98. The van der Waals surface area contributed by atoms with Gasteiger partial charge in [0.25, 0.3) is 11.6 Å². The number of carbonyl (C=O) groups excluding carboxylic acids is 3. The maximum Gasteiger partial charge on any atom is 0.338 e. The van der Waals surface area contributed by atoms with Gasteiger partial charge in [-0.3, -0.25) is 19.7 Å². The van der Waals surface area contributed by atoms with Crippen molar-refractivity contribution in [1.29, 1.82) is 0 Å². The smallest absolute Gasteiger partial charge is 0.338 e. The van der Waals surface area contributed by atoms with Crippen LogP contribution < -0.4 is 10.6 Å². The van der Waals surface area contributed by atoms with Gasteiger partial charge in [-0.15, -0.1) is 0 Å². The van der Waals surface area contributed by atoms with E-state index < -0.39 is 28.4 Å². The molecule has 0 aliphatic rings. The minimum Gasteiger partial charge on any atom is -0.462 e. The fraction of sp³-hybridized carbons (Fsp3) is 0.250. The van der Waals surface area contributed by atoms with Crippen LogP contribution in [-0.4, -0.2) is 35.9 Å². The van der Waals surface area contributed by atoms with Gasteiger partial charge in [-0.25, -0.2) is 4.79 Å². The van der Waals surface area contributed by atoms with Crippen LogP contribution in [0.15, 0.2) is 42.5 Å². The summed E-state index contributed by atoms with van der Waals surface area (Å²) in [5.41, 5.74) is 0.928. The lowest BCUT2D eigenvalue weighted by Gasteiger charge is -2.11. The number of nitrogens with one attached hydrogen (secondary N) is 2. The predicted molar refractivity (Wildman–Crippen MR) is 106 cm³/mol. The highest BCUT2D eigenvalue weighted by molar-refractivity contribution is 6.01. The molecule has 0 saturated heterocycles.